The highest BCUT2D eigenvalue weighted by molar-refractivity contribution is 7.86. The van der Waals surface area contributed by atoms with E-state index in [1.807, 2.05) is 59.7 Å². The maximum Gasteiger partial charge on any atom is 0.306 e. The third-order valence-corrected chi connectivity index (χ3v) is 7.03. The van der Waals surface area contributed by atoms with E-state index in [0.29, 0.717) is 5.75 Å². The minimum Gasteiger partial charge on any atom is -0.488 e. The number of benzene rings is 2. The van der Waals surface area contributed by atoms with E-state index < -0.39 is 16.2 Å². The third kappa shape index (κ3) is 6.30. The molecule has 2 unspecified atom stereocenters. The molecule has 0 amide bonds. The summed E-state index contributed by atoms with van der Waals surface area (Å²) in [6.45, 7) is 16.1. The fraction of sp³-hybridized carbons (Fsp3) is 0.556. The van der Waals surface area contributed by atoms with Crippen molar-refractivity contribution in [2.75, 3.05) is 6.26 Å². The number of rotatable bonds is 9. The fourth-order valence-electron chi connectivity index (χ4n) is 4.48. The first-order valence-corrected chi connectivity index (χ1v) is 13.4. The molecule has 1 N–H and O–H groups in total. The van der Waals surface area contributed by atoms with Crippen LogP contribution in [0.3, 0.4) is 0 Å². The molecule has 184 valence electrons. The standard InChI is InChI=1S/C27H40O5S/c1-10-27(11-2,22-13-15-24(19(4)17-22)32-33(9,29)30)21-12-14-23(18(3)16-21)31-20(5)25(28)26(6,7)8/h12-17,20,25,28H,10-11H2,1-9H3. The van der Waals surface area contributed by atoms with E-state index in [-0.39, 0.29) is 16.9 Å². The normalized spacial score (nSPS) is 14.6. The molecule has 5 nitrogen and oxygen atoms in total. The van der Waals surface area contributed by atoms with E-state index in [1.165, 1.54) is 5.56 Å². The molecule has 2 rings (SSSR count). The minimum absolute atomic E-state index is 0.228. The van der Waals surface area contributed by atoms with Crippen molar-refractivity contribution in [3.05, 3.63) is 58.7 Å². The quantitative estimate of drug-likeness (QED) is 0.455. The molecule has 0 heterocycles. The molecule has 0 aromatic heterocycles. The van der Waals surface area contributed by atoms with Gasteiger partial charge in [0.25, 0.3) is 0 Å². The monoisotopic (exact) mass is 476 g/mol. The van der Waals surface area contributed by atoms with E-state index >= 15 is 0 Å². The average molecular weight is 477 g/mol. The van der Waals surface area contributed by atoms with Gasteiger partial charge in [0.1, 0.15) is 17.6 Å². The molecule has 0 aliphatic carbocycles. The Hall–Kier alpha value is -2.05. The molecule has 2 atom stereocenters. The van der Waals surface area contributed by atoms with Crippen molar-refractivity contribution < 1.29 is 22.4 Å². The van der Waals surface area contributed by atoms with E-state index in [1.54, 1.807) is 6.07 Å². The van der Waals surface area contributed by atoms with Crippen molar-refractivity contribution in [2.24, 2.45) is 5.41 Å². The summed E-state index contributed by atoms with van der Waals surface area (Å²) < 4.78 is 34.4. The van der Waals surface area contributed by atoms with Crippen LogP contribution in [0.15, 0.2) is 36.4 Å². The van der Waals surface area contributed by atoms with Crippen LogP contribution in [0, 0.1) is 19.3 Å². The van der Waals surface area contributed by atoms with Crippen LogP contribution >= 0.6 is 0 Å². The molecule has 6 heteroatoms. The second-order valence-electron chi connectivity index (χ2n) is 10.2. The number of ether oxygens (including phenoxy) is 1. The third-order valence-electron chi connectivity index (χ3n) is 6.55. The van der Waals surface area contributed by atoms with Gasteiger partial charge in [-0.2, -0.15) is 8.42 Å². The molecule has 0 spiro atoms. The Balaban J connectivity index is 2.43. The summed E-state index contributed by atoms with van der Waals surface area (Å²) in [7, 11) is -3.58. The molecule has 0 fully saturated rings. The maximum absolute atomic E-state index is 11.6. The number of hydrogen-bond acceptors (Lipinski definition) is 5. The van der Waals surface area contributed by atoms with Gasteiger partial charge in [0.2, 0.25) is 0 Å². The zero-order valence-electron chi connectivity index (χ0n) is 21.5. The number of aliphatic hydroxyl groups is 1. The highest BCUT2D eigenvalue weighted by Gasteiger charge is 2.33. The van der Waals surface area contributed by atoms with Gasteiger partial charge in [-0.05, 0) is 73.4 Å². The van der Waals surface area contributed by atoms with Gasteiger partial charge in [0.15, 0.2) is 0 Å². The number of hydrogen-bond donors (Lipinski definition) is 1. The van der Waals surface area contributed by atoms with E-state index in [4.69, 9.17) is 8.92 Å². The highest BCUT2D eigenvalue weighted by atomic mass is 32.2. The molecule has 2 aromatic carbocycles. The summed E-state index contributed by atoms with van der Waals surface area (Å²) >= 11 is 0. The first kappa shape index (κ1) is 27.2. The Labute approximate surface area is 200 Å². The summed E-state index contributed by atoms with van der Waals surface area (Å²) in [5.74, 6) is 1.12. The molecule has 0 bridgehead atoms. The van der Waals surface area contributed by atoms with Crippen LogP contribution in [-0.2, 0) is 15.5 Å². The number of aliphatic hydroxyl groups excluding tert-OH is 1. The van der Waals surface area contributed by atoms with E-state index in [9.17, 15) is 13.5 Å². The fourth-order valence-corrected chi connectivity index (χ4v) is 5.00. The first-order chi connectivity index (χ1) is 15.1. The van der Waals surface area contributed by atoms with Gasteiger partial charge in [-0.25, -0.2) is 0 Å². The highest BCUT2D eigenvalue weighted by Crippen LogP contribution is 2.42. The van der Waals surface area contributed by atoms with Crippen LogP contribution in [0.4, 0.5) is 0 Å². The lowest BCUT2D eigenvalue weighted by Gasteiger charge is -2.35. The summed E-state index contributed by atoms with van der Waals surface area (Å²) in [6, 6.07) is 12.0. The van der Waals surface area contributed by atoms with Crippen LogP contribution in [0.5, 0.6) is 11.5 Å². The van der Waals surface area contributed by atoms with Crippen molar-refractivity contribution in [2.45, 2.75) is 85.9 Å². The van der Waals surface area contributed by atoms with Gasteiger partial charge in [0, 0.05) is 5.41 Å². The van der Waals surface area contributed by atoms with Gasteiger partial charge in [-0.3, -0.25) is 0 Å². The van der Waals surface area contributed by atoms with Crippen LogP contribution in [-0.4, -0.2) is 32.0 Å². The van der Waals surface area contributed by atoms with Crippen molar-refractivity contribution >= 4 is 10.1 Å². The topological polar surface area (TPSA) is 72.8 Å². The molecule has 0 radical (unpaired) electrons. The Morgan fingerprint density at radius 1 is 0.909 bits per heavy atom. The largest absolute Gasteiger partial charge is 0.488 e. The van der Waals surface area contributed by atoms with Crippen LogP contribution < -0.4 is 8.92 Å². The molecule has 0 saturated carbocycles. The van der Waals surface area contributed by atoms with Crippen LogP contribution in [0.25, 0.3) is 0 Å². The molecule has 2 aromatic rings. The second-order valence-corrected chi connectivity index (χ2v) is 11.7. The molecular formula is C27H40O5S. The van der Waals surface area contributed by atoms with Gasteiger partial charge < -0.3 is 14.0 Å². The van der Waals surface area contributed by atoms with Gasteiger partial charge in [0.05, 0.1) is 12.4 Å². The molecule has 0 aliphatic rings. The zero-order chi connectivity index (χ0) is 25.2. The van der Waals surface area contributed by atoms with E-state index in [2.05, 4.69) is 26.0 Å². The average Bonchev–Trinajstić information content (AvgIpc) is 2.70. The minimum atomic E-state index is -3.58. The van der Waals surface area contributed by atoms with Crippen molar-refractivity contribution in [1.82, 2.24) is 0 Å². The Morgan fingerprint density at radius 3 is 1.73 bits per heavy atom. The maximum atomic E-state index is 11.6. The number of aryl methyl sites for hydroxylation is 2. The van der Waals surface area contributed by atoms with Crippen LogP contribution in [0.1, 0.15) is 76.6 Å². The van der Waals surface area contributed by atoms with E-state index in [0.717, 1.165) is 41.5 Å². The summed E-state index contributed by atoms with van der Waals surface area (Å²) in [5, 5.41) is 10.6. The van der Waals surface area contributed by atoms with Crippen LogP contribution in [0.2, 0.25) is 0 Å². The molecule has 0 aliphatic heterocycles. The Morgan fingerprint density at radius 2 is 1.36 bits per heavy atom. The second kappa shape index (κ2) is 10.1. The molecular weight excluding hydrogens is 436 g/mol. The van der Waals surface area contributed by atoms with Crippen molar-refractivity contribution in [3.63, 3.8) is 0 Å². The summed E-state index contributed by atoms with van der Waals surface area (Å²) in [6.07, 6.45) is 1.90. The zero-order valence-corrected chi connectivity index (χ0v) is 22.3. The Bertz CT molecular complexity index is 1060. The van der Waals surface area contributed by atoms with Gasteiger partial charge in [-0.1, -0.05) is 58.9 Å². The van der Waals surface area contributed by atoms with Crippen molar-refractivity contribution in [3.8, 4) is 11.5 Å². The summed E-state index contributed by atoms with van der Waals surface area (Å²) in [4.78, 5) is 0. The predicted molar refractivity (Wildman–Crippen MR) is 135 cm³/mol. The summed E-state index contributed by atoms with van der Waals surface area (Å²) in [5.41, 5.74) is 3.60. The lowest BCUT2D eigenvalue weighted by atomic mass is 9.70. The lowest BCUT2D eigenvalue weighted by molar-refractivity contribution is -0.0234. The van der Waals surface area contributed by atoms with Crippen molar-refractivity contribution in [1.29, 1.82) is 0 Å². The van der Waals surface area contributed by atoms with Gasteiger partial charge in [-0.15, -0.1) is 0 Å². The molecule has 33 heavy (non-hydrogen) atoms. The smallest absolute Gasteiger partial charge is 0.306 e. The molecule has 0 saturated heterocycles. The lowest BCUT2D eigenvalue weighted by Crippen LogP contribution is -2.39. The predicted octanol–water partition coefficient (Wildman–Crippen LogP) is 5.92. The first-order valence-electron chi connectivity index (χ1n) is 11.6. The van der Waals surface area contributed by atoms with Gasteiger partial charge >= 0.3 is 10.1 Å². The SMILES string of the molecule is CCC(CC)(c1ccc(OC(C)C(O)C(C)(C)C)c(C)c1)c1ccc(OS(C)(=O)=O)c(C)c1. The Kier molecular flexibility index (Phi) is 8.29.